The van der Waals surface area contributed by atoms with Crippen molar-refractivity contribution in [3.63, 3.8) is 0 Å². The normalized spacial score (nSPS) is 62.5. The van der Waals surface area contributed by atoms with Crippen LogP contribution in [0.15, 0.2) is 0 Å². The van der Waals surface area contributed by atoms with Crippen LogP contribution < -0.4 is 0 Å². The summed E-state index contributed by atoms with van der Waals surface area (Å²) in [6.45, 7) is 2.41. The van der Waals surface area contributed by atoms with Crippen LogP contribution in [0.25, 0.3) is 0 Å². The van der Waals surface area contributed by atoms with E-state index in [0.29, 0.717) is 0 Å². The van der Waals surface area contributed by atoms with Gasteiger partial charge in [-0.1, -0.05) is 6.92 Å². The quantitative estimate of drug-likeness (QED) is 0.584. The van der Waals surface area contributed by atoms with Crippen molar-refractivity contribution in [2.45, 2.75) is 38.7 Å². The lowest BCUT2D eigenvalue weighted by molar-refractivity contribution is 0.165. The van der Waals surface area contributed by atoms with Gasteiger partial charge in [-0.05, 0) is 55.3 Å². The van der Waals surface area contributed by atoms with Gasteiger partial charge in [-0.25, -0.2) is 0 Å². The number of rotatable bonds is 0. The van der Waals surface area contributed by atoms with Crippen LogP contribution in [0.3, 0.4) is 0 Å². The number of aliphatic hydroxyl groups is 1. The van der Waals surface area contributed by atoms with Crippen LogP contribution in [0.2, 0.25) is 0 Å². The Labute approximate surface area is 74.2 Å². The van der Waals surface area contributed by atoms with Crippen molar-refractivity contribution < 1.29 is 5.11 Å². The second kappa shape index (κ2) is 2.25. The largest absolute Gasteiger partial charge is 0.393 e. The topological polar surface area (TPSA) is 20.2 Å². The zero-order valence-electron chi connectivity index (χ0n) is 7.74. The fraction of sp³-hybridized carbons (Fsp3) is 1.00. The predicted octanol–water partition coefficient (Wildman–Crippen LogP) is 2.05. The SMILES string of the molecule is CC1CC2CC1C1CC(O)CC21. The summed E-state index contributed by atoms with van der Waals surface area (Å²) >= 11 is 0. The van der Waals surface area contributed by atoms with Crippen molar-refractivity contribution in [1.82, 2.24) is 0 Å². The summed E-state index contributed by atoms with van der Waals surface area (Å²) in [5.41, 5.74) is 0. The molecule has 1 heteroatoms. The summed E-state index contributed by atoms with van der Waals surface area (Å²) in [6.07, 6.45) is 5.24. The van der Waals surface area contributed by atoms with Gasteiger partial charge in [0.15, 0.2) is 0 Å². The Hall–Kier alpha value is -0.0400. The van der Waals surface area contributed by atoms with Gasteiger partial charge in [0.2, 0.25) is 0 Å². The molecule has 0 radical (unpaired) electrons. The monoisotopic (exact) mass is 166 g/mol. The molecule has 3 rings (SSSR count). The third-order valence-corrected chi connectivity index (χ3v) is 4.77. The number of hydrogen-bond donors (Lipinski definition) is 1. The standard InChI is InChI=1S/C11H18O/c1-6-2-7-3-9(6)11-5-8(12)4-10(7)11/h6-12H,2-5H2,1H3. The van der Waals surface area contributed by atoms with E-state index in [4.69, 9.17) is 0 Å². The fourth-order valence-corrected chi connectivity index (χ4v) is 4.39. The summed E-state index contributed by atoms with van der Waals surface area (Å²) in [5.74, 6) is 4.76. The first-order chi connectivity index (χ1) is 5.75. The first-order valence-electron chi connectivity index (χ1n) is 5.43. The van der Waals surface area contributed by atoms with Gasteiger partial charge in [0.25, 0.3) is 0 Å². The number of fused-ring (bicyclic) bond motifs is 5. The molecule has 3 saturated carbocycles. The summed E-state index contributed by atoms with van der Waals surface area (Å²) in [4.78, 5) is 0. The molecule has 0 aliphatic heterocycles. The van der Waals surface area contributed by atoms with Crippen LogP contribution in [-0.2, 0) is 0 Å². The molecule has 2 bridgehead atoms. The van der Waals surface area contributed by atoms with Crippen LogP contribution in [-0.4, -0.2) is 11.2 Å². The van der Waals surface area contributed by atoms with Crippen molar-refractivity contribution >= 4 is 0 Å². The molecule has 3 fully saturated rings. The molecule has 3 aliphatic carbocycles. The minimum absolute atomic E-state index is 0.0515. The average Bonchev–Trinajstić information content (AvgIpc) is 2.57. The van der Waals surface area contributed by atoms with Crippen molar-refractivity contribution in [2.24, 2.45) is 29.6 Å². The van der Waals surface area contributed by atoms with Gasteiger partial charge < -0.3 is 5.11 Å². The minimum atomic E-state index is 0.0515. The first kappa shape index (κ1) is 7.37. The molecule has 0 saturated heterocycles. The highest BCUT2D eigenvalue weighted by Crippen LogP contribution is 2.60. The van der Waals surface area contributed by atoms with Gasteiger partial charge in [0.05, 0.1) is 6.10 Å². The van der Waals surface area contributed by atoms with Gasteiger partial charge in [0, 0.05) is 0 Å². The minimum Gasteiger partial charge on any atom is -0.393 e. The molecule has 0 spiro atoms. The van der Waals surface area contributed by atoms with Gasteiger partial charge >= 0.3 is 0 Å². The molecule has 12 heavy (non-hydrogen) atoms. The number of aliphatic hydroxyl groups excluding tert-OH is 1. The Bertz CT molecular complexity index is 197. The fourth-order valence-electron chi connectivity index (χ4n) is 4.39. The van der Waals surface area contributed by atoms with Crippen molar-refractivity contribution in [3.05, 3.63) is 0 Å². The van der Waals surface area contributed by atoms with Crippen LogP contribution in [0, 0.1) is 29.6 Å². The van der Waals surface area contributed by atoms with E-state index in [-0.39, 0.29) is 6.10 Å². The van der Waals surface area contributed by atoms with E-state index in [2.05, 4.69) is 6.92 Å². The number of hydrogen-bond acceptors (Lipinski definition) is 1. The summed E-state index contributed by atoms with van der Waals surface area (Å²) in [6, 6.07) is 0. The molecule has 68 valence electrons. The Morgan fingerprint density at radius 2 is 1.67 bits per heavy atom. The van der Waals surface area contributed by atoms with E-state index in [1.807, 2.05) is 0 Å². The maximum absolute atomic E-state index is 9.58. The Morgan fingerprint density at radius 3 is 2.50 bits per heavy atom. The van der Waals surface area contributed by atoms with Gasteiger partial charge in [-0.3, -0.25) is 0 Å². The van der Waals surface area contributed by atoms with E-state index in [1.54, 1.807) is 0 Å². The molecule has 0 aromatic heterocycles. The maximum Gasteiger partial charge on any atom is 0.0546 e. The van der Waals surface area contributed by atoms with E-state index < -0.39 is 0 Å². The zero-order valence-corrected chi connectivity index (χ0v) is 7.74. The van der Waals surface area contributed by atoms with Crippen LogP contribution >= 0.6 is 0 Å². The molecule has 6 atom stereocenters. The summed E-state index contributed by atoms with van der Waals surface area (Å²) < 4.78 is 0. The lowest BCUT2D eigenvalue weighted by Crippen LogP contribution is -2.22. The van der Waals surface area contributed by atoms with Crippen molar-refractivity contribution in [2.75, 3.05) is 0 Å². The van der Waals surface area contributed by atoms with E-state index in [9.17, 15) is 5.11 Å². The first-order valence-corrected chi connectivity index (χ1v) is 5.43. The van der Waals surface area contributed by atoms with Gasteiger partial charge in [-0.2, -0.15) is 0 Å². The highest BCUT2D eigenvalue weighted by Gasteiger charge is 2.54. The molecule has 1 nitrogen and oxygen atoms in total. The lowest BCUT2D eigenvalue weighted by Gasteiger charge is -2.28. The predicted molar refractivity (Wildman–Crippen MR) is 47.6 cm³/mol. The molecule has 1 N–H and O–H groups in total. The molecule has 0 aromatic rings. The zero-order chi connectivity index (χ0) is 8.29. The Kier molecular flexibility index (Phi) is 1.39. The summed E-state index contributed by atoms with van der Waals surface area (Å²) in [5, 5.41) is 9.58. The van der Waals surface area contributed by atoms with Crippen molar-refractivity contribution in [3.8, 4) is 0 Å². The van der Waals surface area contributed by atoms with Gasteiger partial charge in [-0.15, -0.1) is 0 Å². The van der Waals surface area contributed by atoms with E-state index in [1.165, 1.54) is 12.8 Å². The lowest BCUT2D eigenvalue weighted by atomic mass is 9.77. The molecule has 3 aliphatic rings. The van der Waals surface area contributed by atoms with E-state index >= 15 is 0 Å². The molecule has 0 aromatic carbocycles. The van der Waals surface area contributed by atoms with Crippen molar-refractivity contribution in [1.29, 1.82) is 0 Å². The van der Waals surface area contributed by atoms with Crippen LogP contribution in [0.1, 0.15) is 32.6 Å². The molecule has 0 amide bonds. The second-order valence-corrected chi connectivity index (χ2v) is 5.33. The average molecular weight is 166 g/mol. The molecule has 0 heterocycles. The molecular weight excluding hydrogens is 148 g/mol. The van der Waals surface area contributed by atoms with Crippen LogP contribution in [0.4, 0.5) is 0 Å². The highest BCUT2D eigenvalue weighted by atomic mass is 16.3. The highest BCUT2D eigenvalue weighted by molar-refractivity contribution is 5.03. The smallest absolute Gasteiger partial charge is 0.0546 e. The summed E-state index contributed by atoms with van der Waals surface area (Å²) in [7, 11) is 0. The maximum atomic E-state index is 9.58. The Balaban J connectivity index is 1.86. The Morgan fingerprint density at radius 1 is 0.917 bits per heavy atom. The molecule has 6 unspecified atom stereocenters. The van der Waals surface area contributed by atoms with E-state index in [0.717, 1.165) is 42.4 Å². The molecular formula is C11H18O. The van der Waals surface area contributed by atoms with Crippen LogP contribution in [0.5, 0.6) is 0 Å². The second-order valence-electron chi connectivity index (χ2n) is 5.33. The third kappa shape index (κ3) is 0.783. The van der Waals surface area contributed by atoms with Gasteiger partial charge in [0.1, 0.15) is 0 Å². The third-order valence-electron chi connectivity index (χ3n) is 4.77.